The fraction of sp³-hybridized carbons (Fsp3) is 0.250. The van der Waals surface area contributed by atoms with Crippen molar-refractivity contribution in [3.63, 3.8) is 0 Å². The third-order valence-corrected chi connectivity index (χ3v) is 8.03. The van der Waals surface area contributed by atoms with E-state index in [-0.39, 0.29) is 28.4 Å². The number of nitrogens with zero attached hydrogens (tertiary/aromatic N) is 5. The van der Waals surface area contributed by atoms with Crippen LogP contribution in [0.25, 0.3) is 16.8 Å². The molecule has 1 atom stereocenters. The molecule has 1 N–H and O–H groups in total. The molecule has 4 aromatic rings. The molecular formula is C28H25F4N5O3S. The van der Waals surface area contributed by atoms with E-state index in [1.54, 1.807) is 17.1 Å². The maximum Gasteiger partial charge on any atom is 0.434 e. The van der Waals surface area contributed by atoms with E-state index in [0.29, 0.717) is 16.9 Å². The van der Waals surface area contributed by atoms with Crippen molar-refractivity contribution in [1.82, 2.24) is 9.55 Å². The molecule has 0 bridgehead atoms. The van der Waals surface area contributed by atoms with E-state index in [0.717, 1.165) is 29.6 Å². The number of rotatable bonds is 6. The molecule has 0 fully saturated rings. The van der Waals surface area contributed by atoms with Crippen LogP contribution < -0.4 is 5.01 Å². The SMILES string of the molecule is Cc1ccc(C2CN=NN2c2cc(-c3cc(F)c(CO)c(S(C)(=O)=O)c3)ccc2-n2cc(C(F)(F)F)nc2C)cc1. The van der Waals surface area contributed by atoms with Gasteiger partial charge in [0.2, 0.25) is 0 Å². The highest BCUT2D eigenvalue weighted by Crippen LogP contribution is 2.40. The summed E-state index contributed by atoms with van der Waals surface area (Å²) in [6.45, 7) is 2.85. The predicted octanol–water partition coefficient (Wildman–Crippen LogP) is 6.14. The summed E-state index contributed by atoms with van der Waals surface area (Å²) in [5.41, 5.74) is 1.70. The molecule has 8 nitrogen and oxygen atoms in total. The highest BCUT2D eigenvalue weighted by Gasteiger charge is 2.35. The van der Waals surface area contributed by atoms with E-state index >= 15 is 0 Å². The lowest BCUT2D eigenvalue weighted by atomic mass is 10.0. The van der Waals surface area contributed by atoms with Crippen molar-refractivity contribution in [3.05, 3.63) is 94.8 Å². The summed E-state index contributed by atoms with van der Waals surface area (Å²) >= 11 is 0. The van der Waals surface area contributed by atoms with E-state index in [4.69, 9.17) is 0 Å². The largest absolute Gasteiger partial charge is 0.434 e. The minimum atomic E-state index is -4.66. The zero-order valence-electron chi connectivity index (χ0n) is 22.2. The molecule has 0 spiro atoms. The second kappa shape index (κ2) is 10.4. The highest BCUT2D eigenvalue weighted by molar-refractivity contribution is 7.90. The summed E-state index contributed by atoms with van der Waals surface area (Å²) < 4.78 is 81.6. The minimum Gasteiger partial charge on any atom is -0.392 e. The Hall–Kier alpha value is -4.10. The average Bonchev–Trinajstić information content (AvgIpc) is 3.55. The first-order valence-corrected chi connectivity index (χ1v) is 14.3. The van der Waals surface area contributed by atoms with Crippen LogP contribution in [-0.4, -0.2) is 35.9 Å². The summed E-state index contributed by atoms with van der Waals surface area (Å²) in [7, 11) is -3.90. The average molecular weight is 588 g/mol. The van der Waals surface area contributed by atoms with Gasteiger partial charge >= 0.3 is 6.18 Å². The van der Waals surface area contributed by atoms with Crippen LogP contribution in [0.3, 0.4) is 0 Å². The van der Waals surface area contributed by atoms with Gasteiger partial charge in [0, 0.05) is 18.0 Å². The second-order valence-corrected chi connectivity index (χ2v) is 11.8. The molecule has 1 unspecified atom stereocenters. The van der Waals surface area contributed by atoms with Crippen LogP contribution >= 0.6 is 0 Å². The van der Waals surface area contributed by atoms with Crippen molar-refractivity contribution in [2.45, 2.75) is 37.6 Å². The second-order valence-electron chi connectivity index (χ2n) is 9.79. The number of alkyl halides is 3. The van der Waals surface area contributed by atoms with E-state index in [9.17, 15) is 31.1 Å². The molecule has 3 aromatic carbocycles. The zero-order valence-corrected chi connectivity index (χ0v) is 23.0. The Labute approximate surface area is 233 Å². The van der Waals surface area contributed by atoms with E-state index < -0.39 is 40.2 Å². The van der Waals surface area contributed by atoms with Crippen LogP contribution in [0.5, 0.6) is 0 Å². The number of aryl methyl sites for hydroxylation is 2. The van der Waals surface area contributed by atoms with Gasteiger partial charge < -0.3 is 9.67 Å². The summed E-state index contributed by atoms with van der Waals surface area (Å²) in [6.07, 6.45) is -2.86. The molecule has 0 aliphatic carbocycles. The van der Waals surface area contributed by atoms with Crippen LogP contribution in [0.15, 0.2) is 76.0 Å². The molecule has 0 amide bonds. The van der Waals surface area contributed by atoms with Gasteiger partial charge in [-0.3, -0.25) is 0 Å². The van der Waals surface area contributed by atoms with Crippen LogP contribution in [0.2, 0.25) is 0 Å². The van der Waals surface area contributed by atoms with E-state index in [1.807, 2.05) is 31.2 Å². The monoisotopic (exact) mass is 587 g/mol. The molecule has 41 heavy (non-hydrogen) atoms. The molecule has 0 saturated carbocycles. The Bertz CT molecular complexity index is 1770. The Morgan fingerprint density at radius 2 is 1.71 bits per heavy atom. The lowest BCUT2D eigenvalue weighted by molar-refractivity contribution is -0.141. The number of sulfone groups is 1. The number of benzene rings is 3. The number of aliphatic hydroxyl groups is 1. The number of hydrogen-bond donors (Lipinski definition) is 1. The lowest BCUT2D eigenvalue weighted by Crippen LogP contribution is -2.22. The van der Waals surface area contributed by atoms with Crippen LogP contribution in [0, 0.1) is 19.7 Å². The molecule has 1 aliphatic rings. The van der Waals surface area contributed by atoms with Gasteiger partial charge in [-0.1, -0.05) is 41.1 Å². The summed E-state index contributed by atoms with van der Waals surface area (Å²) in [5, 5.41) is 19.6. The van der Waals surface area contributed by atoms with E-state index in [1.165, 1.54) is 23.6 Å². The third-order valence-electron chi connectivity index (χ3n) is 6.87. The van der Waals surface area contributed by atoms with Crippen molar-refractivity contribution in [1.29, 1.82) is 0 Å². The van der Waals surface area contributed by atoms with Crippen molar-refractivity contribution in [3.8, 4) is 16.8 Å². The van der Waals surface area contributed by atoms with Gasteiger partial charge in [-0.05, 0) is 54.8 Å². The lowest BCUT2D eigenvalue weighted by Gasteiger charge is -2.26. The van der Waals surface area contributed by atoms with Crippen LogP contribution in [0.1, 0.15) is 34.3 Å². The zero-order chi connectivity index (χ0) is 29.7. The minimum absolute atomic E-state index is 0.0760. The normalized spacial score (nSPS) is 15.6. The molecule has 2 heterocycles. The quantitative estimate of drug-likeness (QED) is 0.273. The number of hydrogen-bond acceptors (Lipinski definition) is 7. The van der Waals surface area contributed by atoms with E-state index in [2.05, 4.69) is 15.3 Å². The third kappa shape index (κ3) is 5.46. The molecular weight excluding hydrogens is 562 g/mol. The van der Waals surface area contributed by atoms with Gasteiger partial charge in [-0.15, -0.1) is 0 Å². The maximum atomic E-state index is 15.0. The summed E-state index contributed by atoms with van der Waals surface area (Å²) in [6, 6.07) is 14.3. The fourth-order valence-electron chi connectivity index (χ4n) is 4.78. The van der Waals surface area contributed by atoms with Gasteiger partial charge in [0.05, 0.1) is 29.4 Å². The van der Waals surface area contributed by atoms with Gasteiger partial charge in [0.15, 0.2) is 15.5 Å². The Balaban J connectivity index is 1.72. The number of aliphatic hydroxyl groups excluding tert-OH is 1. The highest BCUT2D eigenvalue weighted by atomic mass is 32.2. The molecule has 214 valence electrons. The Kier molecular flexibility index (Phi) is 7.20. The molecule has 0 saturated heterocycles. The number of halogens is 4. The van der Waals surface area contributed by atoms with Crippen molar-refractivity contribution in [2.75, 3.05) is 17.8 Å². The standard InChI is InChI=1S/C28H25F4N5O3S/c1-16-4-6-18(7-5-16)25-13-33-35-37(25)24-11-19(20-10-22(29)21(15-38)26(12-20)41(3,39)40)8-9-23(24)36-14-27(28(30,31)32)34-17(36)2/h4-12,14,25,38H,13,15H2,1-3H3. The first-order valence-electron chi connectivity index (χ1n) is 12.4. The van der Waals surface area contributed by atoms with Gasteiger partial charge in [-0.2, -0.15) is 18.3 Å². The van der Waals surface area contributed by atoms with Gasteiger partial charge in [-0.25, -0.2) is 22.8 Å². The van der Waals surface area contributed by atoms with Crippen molar-refractivity contribution in [2.24, 2.45) is 10.3 Å². The first-order chi connectivity index (χ1) is 19.3. The Morgan fingerprint density at radius 1 is 1.00 bits per heavy atom. The summed E-state index contributed by atoms with van der Waals surface area (Å²) in [4.78, 5) is 3.33. The molecule has 13 heteroatoms. The number of imidazole rings is 1. The molecule has 0 radical (unpaired) electrons. The molecule has 5 rings (SSSR count). The predicted molar refractivity (Wildman–Crippen MR) is 144 cm³/mol. The number of aromatic nitrogens is 2. The first kappa shape index (κ1) is 28.4. The van der Waals surface area contributed by atoms with Crippen molar-refractivity contribution < 1.29 is 31.1 Å². The van der Waals surface area contributed by atoms with Gasteiger partial charge in [0.25, 0.3) is 0 Å². The van der Waals surface area contributed by atoms with Crippen LogP contribution in [-0.2, 0) is 22.6 Å². The summed E-state index contributed by atoms with van der Waals surface area (Å²) in [5.74, 6) is -0.832. The Morgan fingerprint density at radius 3 is 2.32 bits per heavy atom. The smallest absolute Gasteiger partial charge is 0.392 e. The maximum absolute atomic E-state index is 15.0. The molecule has 1 aliphatic heterocycles. The number of anilines is 1. The topological polar surface area (TPSA) is 100 Å². The van der Waals surface area contributed by atoms with Crippen molar-refractivity contribution >= 4 is 15.5 Å². The van der Waals surface area contributed by atoms with Gasteiger partial charge in [0.1, 0.15) is 17.7 Å². The fourth-order valence-corrected chi connectivity index (χ4v) is 5.73. The molecule has 1 aromatic heterocycles. The van der Waals surface area contributed by atoms with Crippen LogP contribution in [0.4, 0.5) is 23.2 Å².